The third kappa shape index (κ3) is 2.87. The van der Waals surface area contributed by atoms with Crippen molar-refractivity contribution in [1.29, 1.82) is 0 Å². The molecule has 2 aromatic carbocycles. The Morgan fingerprint density at radius 2 is 1.72 bits per heavy atom. The van der Waals surface area contributed by atoms with Crippen LogP contribution in [0, 0.1) is 5.82 Å². The smallest absolute Gasteiger partial charge is 0.128 e. The van der Waals surface area contributed by atoms with Crippen LogP contribution in [0.25, 0.3) is 0 Å². The Labute approximate surface area is 106 Å². The van der Waals surface area contributed by atoms with Crippen molar-refractivity contribution in [2.45, 2.75) is 13.2 Å². The van der Waals surface area contributed by atoms with Crippen molar-refractivity contribution in [3.8, 4) is 0 Å². The van der Waals surface area contributed by atoms with Crippen LogP contribution >= 0.6 is 0 Å². The van der Waals surface area contributed by atoms with E-state index >= 15 is 0 Å². The molecule has 18 heavy (non-hydrogen) atoms. The number of benzene rings is 2. The van der Waals surface area contributed by atoms with Gasteiger partial charge in [-0.2, -0.15) is 0 Å². The van der Waals surface area contributed by atoms with Gasteiger partial charge in [-0.05, 0) is 23.8 Å². The van der Waals surface area contributed by atoms with E-state index in [-0.39, 0.29) is 12.4 Å². The molecule has 3 heteroatoms. The highest BCUT2D eigenvalue weighted by atomic mass is 19.1. The summed E-state index contributed by atoms with van der Waals surface area (Å²) in [6.07, 6.45) is 0. The number of hydrogen-bond donors (Lipinski definition) is 1. The number of aliphatic hydroxyl groups excluding tert-OH is 1. The van der Waals surface area contributed by atoms with Gasteiger partial charge in [0.15, 0.2) is 0 Å². The van der Waals surface area contributed by atoms with Gasteiger partial charge < -0.3 is 10.0 Å². The molecule has 2 aromatic rings. The lowest BCUT2D eigenvalue weighted by atomic mass is 10.1. The largest absolute Gasteiger partial charge is 0.392 e. The van der Waals surface area contributed by atoms with E-state index in [0.29, 0.717) is 12.1 Å². The fraction of sp³-hybridized carbons (Fsp3) is 0.200. The van der Waals surface area contributed by atoms with Gasteiger partial charge in [-0.1, -0.05) is 30.3 Å². The Kier molecular flexibility index (Phi) is 3.95. The van der Waals surface area contributed by atoms with Gasteiger partial charge in [0, 0.05) is 24.8 Å². The van der Waals surface area contributed by atoms with Crippen molar-refractivity contribution >= 4 is 5.69 Å². The lowest BCUT2D eigenvalue weighted by Gasteiger charge is -2.20. The first-order valence-electron chi connectivity index (χ1n) is 5.85. The molecule has 0 amide bonds. The van der Waals surface area contributed by atoms with Crippen LogP contribution in [0.1, 0.15) is 11.1 Å². The number of halogens is 1. The van der Waals surface area contributed by atoms with Gasteiger partial charge in [0.1, 0.15) is 5.82 Å². The quantitative estimate of drug-likeness (QED) is 0.895. The van der Waals surface area contributed by atoms with Crippen LogP contribution in [0.2, 0.25) is 0 Å². The average Bonchev–Trinajstić information content (AvgIpc) is 2.41. The van der Waals surface area contributed by atoms with Crippen molar-refractivity contribution in [3.63, 3.8) is 0 Å². The fourth-order valence-corrected chi connectivity index (χ4v) is 1.83. The van der Waals surface area contributed by atoms with Crippen LogP contribution in [0.5, 0.6) is 0 Å². The van der Waals surface area contributed by atoms with Crippen LogP contribution in [0.3, 0.4) is 0 Å². The van der Waals surface area contributed by atoms with Crippen molar-refractivity contribution in [3.05, 3.63) is 65.5 Å². The average molecular weight is 245 g/mol. The predicted molar refractivity (Wildman–Crippen MR) is 70.9 cm³/mol. The van der Waals surface area contributed by atoms with E-state index in [1.54, 1.807) is 12.1 Å². The second-order valence-corrected chi connectivity index (χ2v) is 4.27. The first-order valence-corrected chi connectivity index (χ1v) is 5.85. The molecule has 0 aromatic heterocycles. The number of hydrogen-bond acceptors (Lipinski definition) is 2. The molecule has 0 heterocycles. The second kappa shape index (κ2) is 5.65. The van der Waals surface area contributed by atoms with Gasteiger partial charge in [0.25, 0.3) is 0 Å². The molecule has 0 aliphatic heterocycles. The van der Waals surface area contributed by atoms with Crippen LogP contribution in [0.15, 0.2) is 48.5 Å². The molecule has 0 saturated heterocycles. The minimum absolute atomic E-state index is 0.0390. The predicted octanol–water partition coefficient (Wildman–Crippen LogP) is 2.95. The Morgan fingerprint density at radius 3 is 2.33 bits per heavy atom. The molecule has 0 bridgehead atoms. The van der Waals surface area contributed by atoms with Crippen molar-refractivity contribution < 1.29 is 9.50 Å². The van der Waals surface area contributed by atoms with Crippen LogP contribution < -0.4 is 4.90 Å². The Hall–Kier alpha value is -1.87. The summed E-state index contributed by atoms with van der Waals surface area (Å²) in [5, 5.41) is 8.98. The number of anilines is 1. The van der Waals surface area contributed by atoms with E-state index in [0.717, 1.165) is 11.3 Å². The van der Waals surface area contributed by atoms with E-state index in [2.05, 4.69) is 0 Å². The van der Waals surface area contributed by atoms with Crippen LogP contribution in [-0.4, -0.2) is 12.2 Å². The zero-order valence-electron chi connectivity index (χ0n) is 10.3. The fourth-order valence-electron chi connectivity index (χ4n) is 1.83. The third-order valence-electron chi connectivity index (χ3n) is 2.93. The van der Waals surface area contributed by atoms with E-state index in [1.165, 1.54) is 6.07 Å². The summed E-state index contributed by atoms with van der Waals surface area (Å²) in [5.41, 5.74) is 2.54. The Bertz CT molecular complexity index is 510. The maximum atomic E-state index is 13.5. The maximum Gasteiger partial charge on any atom is 0.128 e. The van der Waals surface area contributed by atoms with Gasteiger partial charge in [0.05, 0.1) is 6.61 Å². The minimum atomic E-state index is -0.184. The summed E-state index contributed by atoms with van der Waals surface area (Å²) in [6.45, 7) is 0.558. The highest BCUT2D eigenvalue weighted by Gasteiger charge is 2.05. The zero-order valence-corrected chi connectivity index (χ0v) is 10.3. The number of aliphatic hydroxyl groups is 1. The van der Waals surface area contributed by atoms with Gasteiger partial charge >= 0.3 is 0 Å². The highest BCUT2D eigenvalue weighted by Crippen LogP contribution is 2.17. The van der Waals surface area contributed by atoms with Gasteiger partial charge in [-0.15, -0.1) is 0 Å². The van der Waals surface area contributed by atoms with E-state index in [9.17, 15) is 4.39 Å². The molecule has 94 valence electrons. The summed E-state index contributed by atoms with van der Waals surface area (Å²) in [5.74, 6) is -0.184. The van der Waals surface area contributed by atoms with E-state index in [1.807, 2.05) is 42.3 Å². The summed E-state index contributed by atoms with van der Waals surface area (Å²) in [7, 11) is 1.92. The summed E-state index contributed by atoms with van der Waals surface area (Å²) >= 11 is 0. The molecule has 0 aliphatic carbocycles. The highest BCUT2D eigenvalue weighted by molar-refractivity contribution is 5.47. The van der Waals surface area contributed by atoms with Gasteiger partial charge in [0.2, 0.25) is 0 Å². The summed E-state index contributed by atoms with van der Waals surface area (Å²) < 4.78 is 13.5. The maximum absolute atomic E-state index is 13.5. The standard InChI is InChI=1S/C15H16FNO/c1-17(10-13-4-2-3-5-15(13)16)14-8-6-12(11-18)7-9-14/h2-9,18H,10-11H2,1H3. The Morgan fingerprint density at radius 1 is 1.06 bits per heavy atom. The summed E-state index contributed by atoms with van der Waals surface area (Å²) in [4.78, 5) is 1.97. The summed E-state index contributed by atoms with van der Waals surface area (Å²) in [6, 6.07) is 14.4. The zero-order chi connectivity index (χ0) is 13.0. The molecular weight excluding hydrogens is 229 g/mol. The third-order valence-corrected chi connectivity index (χ3v) is 2.93. The molecule has 0 fully saturated rings. The SMILES string of the molecule is CN(Cc1ccccc1F)c1ccc(CO)cc1. The van der Waals surface area contributed by atoms with Crippen molar-refractivity contribution in [2.75, 3.05) is 11.9 Å². The molecule has 0 atom stereocenters. The minimum Gasteiger partial charge on any atom is -0.392 e. The lowest BCUT2D eigenvalue weighted by molar-refractivity contribution is 0.282. The van der Waals surface area contributed by atoms with Gasteiger partial charge in [-0.3, -0.25) is 0 Å². The van der Waals surface area contributed by atoms with Crippen molar-refractivity contribution in [1.82, 2.24) is 0 Å². The molecule has 0 aliphatic rings. The first kappa shape index (κ1) is 12.6. The second-order valence-electron chi connectivity index (χ2n) is 4.27. The Balaban J connectivity index is 2.11. The number of nitrogens with zero attached hydrogens (tertiary/aromatic N) is 1. The molecule has 2 nitrogen and oxygen atoms in total. The molecular formula is C15H16FNO. The molecule has 2 rings (SSSR count). The molecule has 1 N–H and O–H groups in total. The molecule has 0 spiro atoms. The topological polar surface area (TPSA) is 23.5 Å². The van der Waals surface area contributed by atoms with E-state index < -0.39 is 0 Å². The van der Waals surface area contributed by atoms with Gasteiger partial charge in [-0.25, -0.2) is 4.39 Å². The molecule has 0 unspecified atom stereocenters. The molecule has 0 radical (unpaired) electrons. The van der Waals surface area contributed by atoms with Crippen LogP contribution in [-0.2, 0) is 13.2 Å². The number of rotatable bonds is 4. The lowest BCUT2D eigenvalue weighted by Crippen LogP contribution is -2.17. The van der Waals surface area contributed by atoms with Crippen molar-refractivity contribution in [2.24, 2.45) is 0 Å². The van der Waals surface area contributed by atoms with Crippen LogP contribution in [0.4, 0.5) is 10.1 Å². The van der Waals surface area contributed by atoms with E-state index in [4.69, 9.17) is 5.11 Å². The molecule has 0 saturated carbocycles. The monoisotopic (exact) mass is 245 g/mol. The normalized spacial score (nSPS) is 10.4. The first-order chi connectivity index (χ1) is 8.70.